The molecule has 42 heavy (non-hydrogen) atoms. The molecule has 0 aromatic heterocycles. The van der Waals surface area contributed by atoms with Gasteiger partial charge in [0.15, 0.2) is 0 Å². The second-order valence-electron chi connectivity index (χ2n) is 9.23. The number of nitrogens with zero attached hydrogens (tertiary/aromatic N) is 1. The number of anilines is 2. The Morgan fingerprint density at radius 3 is 2.24 bits per heavy atom. The van der Waals surface area contributed by atoms with E-state index in [2.05, 4.69) is 33.2 Å². The Balaban J connectivity index is 1.28. The van der Waals surface area contributed by atoms with Crippen LogP contribution in [0, 0.1) is 3.57 Å². The smallest absolute Gasteiger partial charge is 0.272 e. The first-order valence-electron chi connectivity index (χ1n) is 12.8. The fraction of sp³-hybridized carbons (Fsp3) is 0.0625. The molecule has 1 aliphatic rings. The summed E-state index contributed by atoms with van der Waals surface area (Å²) in [6, 6.07) is 29.7. The Morgan fingerprint density at radius 1 is 0.881 bits per heavy atom. The predicted octanol–water partition coefficient (Wildman–Crippen LogP) is 6.78. The highest BCUT2D eigenvalue weighted by Crippen LogP contribution is 2.34. The van der Waals surface area contributed by atoms with Crippen LogP contribution in [0.1, 0.15) is 22.3 Å². The lowest BCUT2D eigenvalue weighted by atomic mass is 10.1. The summed E-state index contributed by atoms with van der Waals surface area (Å²) in [6.07, 6.45) is 1.62. The molecular formula is C32H23ClIN3O4S. The van der Waals surface area contributed by atoms with E-state index in [1.165, 1.54) is 22.7 Å². The van der Waals surface area contributed by atoms with Crippen LogP contribution < -0.4 is 15.5 Å². The summed E-state index contributed by atoms with van der Waals surface area (Å²) in [6.45, 7) is 0. The third-order valence-corrected chi connectivity index (χ3v) is 8.57. The predicted molar refractivity (Wildman–Crippen MR) is 174 cm³/mol. The van der Waals surface area contributed by atoms with Crippen LogP contribution in [0.15, 0.2) is 114 Å². The minimum Gasteiger partial charge on any atom is -0.321 e. The zero-order chi connectivity index (χ0) is 29.6. The van der Waals surface area contributed by atoms with E-state index >= 15 is 0 Å². The first-order chi connectivity index (χ1) is 20.3. The van der Waals surface area contributed by atoms with Crippen molar-refractivity contribution in [2.75, 3.05) is 10.2 Å². The van der Waals surface area contributed by atoms with Crippen molar-refractivity contribution in [1.29, 1.82) is 0 Å². The summed E-state index contributed by atoms with van der Waals surface area (Å²) in [5.41, 5.74) is 2.03. The highest BCUT2D eigenvalue weighted by atomic mass is 127. The van der Waals surface area contributed by atoms with Gasteiger partial charge in [-0.2, -0.15) is 0 Å². The normalized spacial score (nSPS) is 15.0. The number of imide groups is 1. The van der Waals surface area contributed by atoms with E-state index in [9.17, 15) is 19.2 Å². The van der Waals surface area contributed by atoms with Gasteiger partial charge in [-0.3, -0.25) is 19.2 Å². The van der Waals surface area contributed by atoms with E-state index in [1.54, 1.807) is 91.0 Å². The van der Waals surface area contributed by atoms with Gasteiger partial charge in [-0.25, -0.2) is 4.90 Å². The topological polar surface area (TPSA) is 95.6 Å². The lowest BCUT2D eigenvalue weighted by Crippen LogP contribution is -2.31. The molecule has 1 saturated heterocycles. The molecule has 0 spiro atoms. The van der Waals surface area contributed by atoms with E-state index in [1.807, 2.05) is 12.1 Å². The van der Waals surface area contributed by atoms with Crippen molar-refractivity contribution >= 4 is 87.0 Å². The Kier molecular flexibility index (Phi) is 9.41. The summed E-state index contributed by atoms with van der Waals surface area (Å²) in [7, 11) is 0. The lowest BCUT2D eigenvalue weighted by molar-refractivity contribution is -0.121. The van der Waals surface area contributed by atoms with Gasteiger partial charge >= 0.3 is 0 Å². The van der Waals surface area contributed by atoms with Crippen molar-refractivity contribution in [3.05, 3.63) is 129 Å². The molecule has 0 bridgehead atoms. The monoisotopic (exact) mass is 707 g/mol. The summed E-state index contributed by atoms with van der Waals surface area (Å²) >= 11 is 9.77. The van der Waals surface area contributed by atoms with Crippen molar-refractivity contribution in [2.24, 2.45) is 0 Å². The van der Waals surface area contributed by atoms with Gasteiger partial charge in [0.25, 0.3) is 11.8 Å². The van der Waals surface area contributed by atoms with Crippen LogP contribution in [0.4, 0.5) is 11.4 Å². The third-order valence-electron chi connectivity index (χ3n) is 6.31. The summed E-state index contributed by atoms with van der Waals surface area (Å²) in [5.74, 6) is -1.47. The summed E-state index contributed by atoms with van der Waals surface area (Å²) < 4.78 is 1.01. The van der Waals surface area contributed by atoms with Crippen molar-refractivity contribution < 1.29 is 19.2 Å². The van der Waals surface area contributed by atoms with Crippen molar-refractivity contribution in [3.63, 3.8) is 0 Å². The quantitative estimate of drug-likeness (QED) is 0.120. The highest BCUT2D eigenvalue weighted by molar-refractivity contribution is 14.1. The molecule has 1 aliphatic heterocycles. The molecule has 2 N–H and O–H groups in total. The van der Waals surface area contributed by atoms with E-state index in [0.29, 0.717) is 27.5 Å². The van der Waals surface area contributed by atoms with Gasteiger partial charge in [0, 0.05) is 31.2 Å². The largest absolute Gasteiger partial charge is 0.321 e. The molecule has 0 saturated carbocycles. The number of thioether (sulfide) groups is 1. The van der Waals surface area contributed by atoms with Crippen LogP contribution in [-0.2, 0) is 14.4 Å². The molecule has 5 rings (SSSR count). The van der Waals surface area contributed by atoms with Crippen molar-refractivity contribution in [2.45, 2.75) is 16.6 Å². The minimum atomic E-state index is -0.546. The lowest BCUT2D eigenvalue weighted by Gasteiger charge is -2.15. The van der Waals surface area contributed by atoms with Crippen LogP contribution in [-0.4, -0.2) is 28.9 Å². The fourth-order valence-electron chi connectivity index (χ4n) is 4.23. The molecule has 4 amide bonds. The van der Waals surface area contributed by atoms with Gasteiger partial charge in [0.1, 0.15) is 5.70 Å². The van der Waals surface area contributed by atoms with Crippen LogP contribution in [0.25, 0.3) is 6.08 Å². The van der Waals surface area contributed by atoms with Crippen LogP contribution in [0.3, 0.4) is 0 Å². The number of rotatable bonds is 8. The second kappa shape index (κ2) is 13.4. The van der Waals surface area contributed by atoms with Gasteiger partial charge in [-0.15, -0.1) is 11.8 Å². The molecule has 7 nitrogen and oxygen atoms in total. The maximum atomic E-state index is 13.3. The molecule has 210 valence electrons. The van der Waals surface area contributed by atoms with E-state index in [-0.39, 0.29) is 23.9 Å². The molecule has 1 fully saturated rings. The number of amides is 4. The molecule has 1 unspecified atom stereocenters. The molecule has 0 aliphatic carbocycles. The summed E-state index contributed by atoms with van der Waals surface area (Å²) in [4.78, 5) is 53.8. The standard InChI is InChI=1S/C32H23ClIN3O4S/c33-26-9-5-4-8-21(26)18-27(36-30(39)20-6-2-1-3-7-20)31(40)35-23-12-16-25(17-13-23)42-28-19-29(38)37(32(28)41)24-14-10-22(34)11-15-24/h1-18,28H,19H2,(H,35,40)(H,36,39)/b27-18-. The van der Waals surface area contributed by atoms with E-state index < -0.39 is 17.1 Å². The molecule has 4 aromatic rings. The average Bonchev–Trinajstić information content (AvgIpc) is 3.27. The van der Waals surface area contributed by atoms with Crippen LogP contribution in [0.2, 0.25) is 5.02 Å². The van der Waals surface area contributed by atoms with Gasteiger partial charge in [0.05, 0.1) is 10.9 Å². The zero-order valence-electron chi connectivity index (χ0n) is 21.9. The molecule has 10 heteroatoms. The number of benzene rings is 4. The maximum absolute atomic E-state index is 13.3. The van der Waals surface area contributed by atoms with Gasteiger partial charge < -0.3 is 10.6 Å². The molecule has 0 radical (unpaired) electrons. The third kappa shape index (κ3) is 7.10. The fourth-order valence-corrected chi connectivity index (χ4v) is 5.83. The first-order valence-corrected chi connectivity index (χ1v) is 15.2. The SMILES string of the molecule is O=C(Nc1ccc(SC2CC(=O)N(c3ccc(I)cc3)C2=O)cc1)/C(=C/c1ccccc1Cl)NC(=O)c1ccccc1. The number of nitrogens with one attached hydrogen (secondary N) is 2. The number of halogens is 2. The Labute approximate surface area is 265 Å². The highest BCUT2D eigenvalue weighted by Gasteiger charge is 2.40. The number of hydrogen-bond acceptors (Lipinski definition) is 5. The van der Waals surface area contributed by atoms with Crippen molar-refractivity contribution in [3.8, 4) is 0 Å². The van der Waals surface area contributed by atoms with Gasteiger partial charge in [-0.1, -0.05) is 48.0 Å². The summed E-state index contributed by atoms with van der Waals surface area (Å²) in [5, 5.41) is 5.38. The number of carbonyl (C=O) groups is 4. The van der Waals surface area contributed by atoms with Crippen molar-refractivity contribution in [1.82, 2.24) is 5.32 Å². The van der Waals surface area contributed by atoms with Gasteiger partial charge in [-0.05, 0) is 101 Å². The Hall–Kier alpha value is -3.93. The number of carbonyl (C=O) groups excluding carboxylic acids is 4. The average molecular weight is 708 g/mol. The zero-order valence-corrected chi connectivity index (χ0v) is 25.7. The molecule has 1 atom stereocenters. The number of hydrogen-bond donors (Lipinski definition) is 2. The van der Waals surface area contributed by atoms with Crippen LogP contribution in [0.5, 0.6) is 0 Å². The maximum Gasteiger partial charge on any atom is 0.272 e. The van der Waals surface area contributed by atoms with E-state index in [4.69, 9.17) is 11.6 Å². The first kappa shape index (κ1) is 29.6. The Morgan fingerprint density at radius 2 is 1.55 bits per heavy atom. The Bertz CT molecular complexity index is 1680. The molecular weight excluding hydrogens is 685 g/mol. The second-order valence-corrected chi connectivity index (χ2v) is 12.2. The van der Waals surface area contributed by atoms with E-state index in [0.717, 1.165) is 8.47 Å². The molecule has 4 aromatic carbocycles. The minimum absolute atomic E-state index is 0.0150. The molecule has 1 heterocycles. The van der Waals surface area contributed by atoms with Crippen LogP contribution >= 0.6 is 46.0 Å². The van der Waals surface area contributed by atoms with Gasteiger partial charge in [0.2, 0.25) is 11.8 Å².